The topological polar surface area (TPSA) is 69.6 Å². The molecule has 0 N–H and O–H groups in total. The van der Waals surface area contributed by atoms with E-state index in [0.717, 1.165) is 36.3 Å². The van der Waals surface area contributed by atoms with Gasteiger partial charge in [0.1, 0.15) is 6.07 Å². The van der Waals surface area contributed by atoms with Crippen molar-refractivity contribution in [2.75, 3.05) is 0 Å². The molecule has 0 radical (unpaired) electrons. The molecule has 3 rings (SSSR count). The van der Waals surface area contributed by atoms with E-state index >= 15 is 0 Å². The van der Waals surface area contributed by atoms with Crippen molar-refractivity contribution in [1.29, 1.82) is 10.5 Å². The average molecular weight is 301 g/mol. The Morgan fingerprint density at radius 1 is 1.22 bits per heavy atom. The first-order valence-corrected chi connectivity index (χ1v) is 7.50. The minimum absolute atomic E-state index is 0.148. The highest BCUT2D eigenvalue weighted by Crippen LogP contribution is 2.29. The van der Waals surface area contributed by atoms with Crippen LogP contribution in [-0.4, -0.2) is 10.4 Å². The first kappa shape index (κ1) is 14.8. The van der Waals surface area contributed by atoms with Crippen molar-refractivity contribution in [2.45, 2.75) is 26.3 Å². The number of rotatable bonds is 3. The van der Waals surface area contributed by atoms with Crippen LogP contribution < -0.4 is 0 Å². The standard InChI is InChI=1S/C19H15N3O/c1-13-19(16(12-21)17-3-2-10-22(13)17)18(23)9-8-14-4-6-15(11-20)7-5-14/h4-9H,2-3,10H2,1H3/b9-8+. The van der Waals surface area contributed by atoms with Crippen LogP contribution in [-0.2, 0) is 13.0 Å². The Labute approximate surface area is 134 Å². The molecule has 1 aliphatic rings. The van der Waals surface area contributed by atoms with Crippen LogP contribution in [0.25, 0.3) is 6.08 Å². The third-order valence-electron chi connectivity index (χ3n) is 4.25. The third-order valence-corrected chi connectivity index (χ3v) is 4.25. The quantitative estimate of drug-likeness (QED) is 0.644. The molecule has 0 fully saturated rings. The first-order valence-electron chi connectivity index (χ1n) is 7.50. The maximum absolute atomic E-state index is 12.5. The number of ketones is 1. The monoisotopic (exact) mass is 301 g/mol. The van der Waals surface area contributed by atoms with Crippen LogP contribution in [0.5, 0.6) is 0 Å². The lowest BCUT2D eigenvalue weighted by atomic mass is 10.0. The largest absolute Gasteiger partial charge is 0.347 e. The normalized spacial score (nSPS) is 12.8. The number of nitriles is 2. The molecule has 112 valence electrons. The molecule has 1 aromatic heterocycles. The predicted molar refractivity (Wildman–Crippen MR) is 86.7 cm³/mol. The molecule has 23 heavy (non-hydrogen) atoms. The molecule has 0 bridgehead atoms. The third kappa shape index (κ3) is 2.56. The second kappa shape index (κ2) is 5.94. The second-order valence-corrected chi connectivity index (χ2v) is 5.58. The summed E-state index contributed by atoms with van der Waals surface area (Å²) in [5.41, 5.74) is 4.34. The van der Waals surface area contributed by atoms with Crippen molar-refractivity contribution in [3.63, 3.8) is 0 Å². The first-order chi connectivity index (χ1) is 11.2. The van der Waals surface area contributed by atoms with Crippen LogP contribution in [0.15, 0.2) is 30.3 Å². The van der Waals surface area contributed by atoms with Gasteiger partial charge in [-0.3, -0.25) is 4.79 Å². The predicted octanol–water partition coefficient (Wildman–Crippen LogP) is 3.38. The Balaban J connectivity index is 1.91. The van der Waals surface area contributed by atoms with Gasteiger partial charge < -0.3 is 4.57 Å². The number of carbonyl (C=O) groups is 1. The molecule has 0 unspecified atom stereocenters. The lowest BCUT2D eigenvalue weighted by Gasteiger charge is -2.01. The summed E-state index contributed by atoms with van der Waals surface area (Å²) in [6.45, 7) is 2.78. The van der Waals surface area contributed by atoms with E-state index in [1.165, 1.54) is 6.08 Å². The van der Waals surface area contributed by atoms with Gasteiger partial charge in [-0.25, -0.2) is 0 Å². The number of allylic oxidation sites excluding steroid dienone is 1. The zero-order valence-corrected chi connectivity index (χ0v) is 12.8. The van der Waals surface area contributed by atoms with E-state index in [9.17, 15) is 10.1 Å². The number of carbonyl (C=O) groups excluding carboxylic acids is 1. The molecular weight excluding hydrogens is 286 g/mol. The fourth-order valence-electron chi connectivity index (χ4n) is 3.11. The minimum Gasteiger partial charge on any atom is -0.347 e. The van der Waals surface area contributed by atoms with E-state index in [-0.39, 0.29) is 5.78 Å². The summed E-state index contributed by atoms with van der Waals surface area (Å²) in [5.74, 6) is -0.148. The highest BCUT2D eigenvalue weighted by molar-refractivity contribution is 6.09. The summed E-state index contributed by atoms with van der Waals surface area (Å²) >= 11 is 0. The number of nitrogens with zero attached hydrogens (tertiary/aromatic N) is 3. The molecule has 1 aromatic carbocycles. The molecule has 0 saturated heterocycles. The second-order valence-electron chi connectivity index (χ2n) is 5.58. The minimum atomic E-state index is -0.148. The van der Waals surface area contributed by atoms with Crippen molar-refractivity contribution in [3.05, 3.63) is 64.0 Å². The number of aromatic nitrogens is 1. The van der Waals surface area contributed by atoms with Crippen LogP contribution in [0.1, 0.15) is 44.9 Å². The molecule has 0 aliphatic carbocycles. The Morgan fingerprint density at radius 2 is 1.96 bits per heavy atom. The number of benzene rings is 1. The van der Waals surface area contributed by atoms with Gasteiger partial charge in [-0.2, -0.15) is 10.5 Å². The van der Waals surface area contributed by atoms with Gasteiger partial charge in [-0.15, -0.1) is 0 Å². The van der Waals surface area contributed by atoms with Crippen LogP contribution >= 0.6 is 0 Å². The van der Waals surface area contributed by atoms with Crippen molar-refractivity contribution in [3.8, 4) is 12.1 Å². The van der Waals surface area contributed by atoms with Crippen molar-refractivity contribution >= 4 is 11.9 Å². The highest BCUT2D eigenvalue weighted by Gasteiger charge is 2.26. The van der Waals surface area contributed by atoms with Gasteiger partial charge in [-0.05, 0) is 43.5 Å². The number of fused-ring (bicyclic) bond motifs is 1. The van der Waals surface area contributed by atoms with Crippen LogP contribution in [0.3, 0.4) is 0 Å². The summed E-state index contributed by atoms with van der Waals surface area (Å²) in [7, 11) is 0. The van der Waals surface area contributed by atoms with Gasteiger partial charge in [-0.1, -0.05) is 18.2 Å². The fraction of sp³-hybridized carbons (Fsp3) is 0.211. The van der Waals surface area contributed by atoms with E-state index in [2.05, 4.69) is 16.7 Å². The lowest BCUT2D eigenvalue weighted by molar-refractivity contribution is 0.104. The number of hydrogen-bond acceptors (Lipinski definition) is 3. The van der Waals surface area contributed by atoms with Gasteiger partial charge in [0, 0.05) is 17.9 Å². The van der Waals surface area contributed by atoms with E-state index in [1.807, 2.05) is 6.92 Å². The van der Waals surface area contributed by atoms with Gasteiger partial charge in [0.2, 0.25) is 0 Å². The van der Waals surface area contributed by atoms with Crippen molar-refractivity contribution in [1.82, 2.24) is 4.57 Å². The molecule has 0 atom stereocenters. The Bertz CT molecular complexity index is 887. The molecular formula is C19H15N3O. The van der Waals surface area contributed by atoms with Crippen LogP contribution in [0, 0.1) is 29.6 Å². The van der Waals surface area contributed by atoms with E-state index < -0.39 is 0 Å². The Hall–Kier alpha value is -3.11. The SMILES string of the molecule is Cc1c(C(=O)/C=C/c2ccc(C#N)cc2)c(C#N)c2n1CCC2. The fourth-order valence-corrected chi connectivity index (χ4v) is 3.11. The summed E-state index contributed by atoms with van der Waals surface area (Å²) in [6.07, 6.45) is 5.10. The molecule has 1 aliphatic heterocycles. The summed E-state index contributed by atoms with van der Waals surface area (Å²) < 4.78 is 2.08. The summed E-state index contributed by atoms with van der Waals surface area (Å²) in [4.78, 5) is 12.5. The Morgan fingerprint density at radius 3 is 2.61 bits per heavy atom. The van der Waals surface area contributed by atoms with E-state index in [1.54, 1.807) is 30.3 Å². The average Bonchev–Trinajstić information content (AvgIpc) is 3.15. The van der Waals surface area contributed by atoms with Crippen molar-refractivity contribution in [2.24, 2.45) is 0 Å². The highest BCUT2D eigenvalue weighted by atomic mass is 16.1. The smallest absolute Gasteiger partial charge is 0.189 e. The van der Waals surface area contributed by atoms with Gasteiger partial charge in [0.05, 0.1) is 22.8 Å². The molecule has 4 heteroatoms. The molecule has 0 amide bonds. The molecule has 4 nitrogen and oxygen atoms in total. The molecule has 2 aromatic rings. The number of hydrogen-bond donors (Lipinski definition) is 0. The summed E-state index contributed by atoms with van der Waals surface area (Å²) in [6, 6.07) is 11.3. The maximum Gasteiger partial charge on any atom is 0.189 e. The molecule has 0 spiro atoms. The summed E-state index contributed by atoms with van der Waals surface area (Å²) in [5, 5.41) is 18.2. The lowest BCUT2D eigenvalue weighted by Crippen LogP contribution is -2.01. The van der Waals surface area contributed by atoms with Gasteiger partial charge in [0.25, 0.3) is 0 Å². The van der Waals surface area contributed by atoms with Gasteiger partial charge >= 0.3 is 0 Å². The molecule has 2 heterocycles. The van der Waals surface area contributed by atoms with E-state index in [4.69, 9.17) is 5.26 Å². The zero-order chi connectivity index (χ0) is 16.4. The Kier molecular flexibility index (Phi) is 3.83. The molecule has 0 saturated carbocycles. The zero-order valence-electron chi connectivity index (χ0n) is 12.8. The van der Waals surface area contributed by atoms with Crippen molar-refractivity contribution < 1.29 is 4.79 Å². The van der Waals surface area contributed by atoms with E-state index in [0.29, 0.717) is 16.7 Å². The maximum atomic E-state index is 12.5. The van der Waals surface area contributed by atoms with Gasteiger partial charge in [0.15, 0.2) is 5.78 Å². The van der Waals surface area contributed by atoms with Crippen LogP contribution in [0.4, 0.5) is 0 Å². The van der Waals surface area contributed by atoms with Crippen LogP contribution in [0.2, 0.25) is 0 Å².